The zero-order valence-electron chi connectivity index (χ0n) is 17.3. The third kappa shape index (κ3) is 4.02. The molecule has 0 spiro atoms. The number of nitrogens with zero attached hydrogens (tertiary/aromatic N) is 4. The fourth-order valence-electron chi connectivity index (χ4n) is 3.61. The first-order valence-corrected chi connectivity index (χ1v) is 11.3. The second-order valence-corrected chi connectivity index (χ2v) is 7.87. The highest BCUT2D eigenvalue weighted by atomic mass is 32.2. The van der Waals surface area contributed by atoms with Crippen LogP contribution in [0.1, 0.15) is 0 Å². The zero-order chi connectivity index (χ0) is 21.9. The molecule has 0 unspecified atom stereocenters. The summed E-state index contributed by atoms with van der Waals surface area (Å²) in [5, 5.41) is 5.59. The molecule has 8 heteroatoms. The highest BCUT2D eigenvalue weighted by Gasteiger charge is 2.19. The Balaban J connectivity index is 1.64. The van der Waals surface area contributed by atoms with Gasteiger partial charge in [0, 0.05) is 29.4 Å². The lowest BCUT2D eigenvalue weighted by Crippen LogP contribution is -2.13. The van der Waals surface area contributed by atoms with E-state index in [-0.39, 0.29) is 5.82 Å². The topological polar surface area (TPSA) is 68.8 Å². The molecule has 0 saturated carbocycles. The van der Waals surface area contributed by atoms with Crippen molar-refractivity contribution in [2.45, 2.75) is 6.54 Å². The lowest BCUT2D eigenvalue weighted by atomic mass is 10.0. The summed E-state index contributed by atoms with van der Waals surface area (Å²) in [4.78, 5) is 8.91. The number of rotatable bonds is 7. The molecule has 0 atom stereocenters. The highest BCUT2D eigenvalue weighted by molar-refractivity contribution is 7.96. The Morgan fingerprint density at radius 1 is 1.00 bits per heavy atom. The molecule has 3 aromatic heterocycles. The summed E-state index contributed by atoms with van der Waals surface area (Å²) in [5.74, 6) is 0.438. The summed E-state index contributed by atoms with van der Waals surface area (Å²) in [5.41, 5.74) is 4.59. The number of hydrogen-bond acceptors (Lipinski definition) is 6. The number of hydrogen-bond donors (Lipinski definition) is 1. The second-order valence-electron chi connectivity index (χ2n) is 7.18. The van der Waals surface area contributed by atoms with Gasteiger partial charge in [-0.15, -0.1) is 0 Å². The molecule has 5 aromatic rings. The minimum absolute atomic E-state index is 0.286. The van der Waals surface area contributed by atoms with Crippen LogP contribution >= 0.6 is 11.9 Å². The molecule has 0 aliphatic heterocycles. The van der Waals surface area contributed by atoms with Gasteiger partial charge in [0.05, 0.1) is 17.6 Å². The number of aromatic nitrogens is 4. The molecule has 0 aliphatic carbocycles. The molecule has 0 bridgehead atoms. The van der Waals surface area contributed by atoms with Crippen molar-refractivity contribution < 1.29 is 8.81 Å². The van der Waals surface area contributed by atoms with Gasteiger partial charge in [-0.25, -0.2) is 14.4 Å². The van der Waals surface area contributed by atoms with E-state index in [2.05, 4.69) is 14.7 Å². The van der Waals surface area contributed by atoms with Crippen molar-refractivity contribution in [2.75, 3.05) is 12.8 Å². The van der Waals surface area contributed by atoms with Crippen molar-refractivity contribution in [2.24, 2.45) is 0 Å². The van der Waals surface area contributed by atoms with Crippen molar-refractivity contribution in [3.8, 4) is 33.8 Å². The Kier molecular flexibility index (Phi) is 5.70. The summed E-state index contributed by atoms with van der Waals surface area (Å²) in [7, 11) is 0. The van der Waals surface area contributed by atoms with Crippen LogP contribution in [0.5, 0.6) is 0 Å². The van der Waals surface area contributed by atoms with E-state index in [9.17, 15) is 4.39 Å². The number of benzene rings is 2. The van der Waals surface area contributed by atoms with Crippen LogP contribution in [0.15, 0.2) is 77.6 Å². The normalized spacial score (nSPS) is 11.3. The number of furan rings is 1. The Morgan fingerprint density at radius 3 is 2.59 bits per heavy atom. The maximum absolute atomic E-state index is 13.5. The van der Waals surface area contributed by atoms with E-state index in [0.717, 1.165) is 45.8 Å². The molecule has 0 amide bonds. The predicted octanol–water partition coefficient (Wildman–Crippen LogP) is 5.43. The first-order chi connectivity index (χ1) is 15.7. The fraction of sp³-hybridized carbons (Fsp3) is 0.125. The van der Waals surface area contributed by atoms with Gasteiger partial charge in [-0.2, -0.15) is 5.10 Å². The quantitative estimate of drug-likeness (QED) is 0.266. The molecule has 2 aromatic carbocycles. The summed E-state index contributed by atoms with van der Waals surface area (Å²) in [6.07, 6.45) is 5.45. The van der Waals surface area contributed by atoms with Crippen LogP contribution in [0.3, 0.4) is 0 Å². The van der Waals surface area contributed by atoms with Crippen molar-refractivity contribution >= 4 is 23.0 Å². The van der Waals surface area contributed by atoms with Crippen LogP contribution in [0, 0.1) is 5.82 Å². The van der Waals surface area contributed by atoms with Gasteiger partial charge in [-0.3, -0.25) is 9.40 Å². The average molecular weight is 446 g/mol. The summed E-state index contributed by atoms with van der Waals surface area (Å²) in [6, 6.07) is 18.2. The van der Waals surface area contributed by atoms with E-state index in [1.807, 2.05) is 53.5 Å². The van der Waals surface area contributed by atoms with E-state index in [4.69, 9.17) is 9.52 Å². The molecule has 3 heterocycles. The predicted molar refractivity (Wildman–Crippen MR) is 125 cm³/mol. The van der Waals surface area contributed by atoms with Crippen molar-refractivity contribution in [3.63, 3.8) is 0 Å². The third-order valence-electron chi connectivity index (χ3n) is 5.11. The SMILES string of the molecule is CSNCCn1cc(-c2ncnc3oc(-c4ccccc4)cc23)c(-c2ccc(F)cc2)n1. The molecule has 5 rings (SSSR count). The van der Waals surface area contributed by atoms with Gasteiger partial charge in [0.25, 0.3) is 0 Å². The molecule has 0 radical (unpaired) electrons. The van der Waals surface area contributed by atoms with Gasteiger partial charge >= 0.3 is 0 Å². The fourth-order valence-corrected chi connectivity index (χ4v) is 3.90. The zero-order valence-corrected chi connectivity index (χ0v) is 18.1. The Labute approximate surface area is 188 Å². The maximum Gasteiger partial charge on any atom is 0.230 e. The van der Waals surface area contributed by atoms with Gasteiger partial charge in [-0.1, -0.05) is 42.3 Å². The molecule has 0 fully saturated rings. The third-order valence-corrected chi connectivity index (χ3v) is 5.60. The molecular weight excluding hydrogens is 425 g/mol. The average Bonchev–Trinajstić information content (AvgIpc) is 3.45. The molecule has 0 aliphatic rings. The summed E-state index contributed by atoms with van der Waals surface area (Å²) in [6.45, 7) is 1.44. The first kappa shape index (κ1) is 20.4. The minimum Gasteiger partial charge on any atom is -0.438 e. The number of fused-ring (bicyclic) bond motifs is 1. The largest absolute Gasteiger partial charge is 0.438 e. The van der Waals surface area contributed by atoms with Crippen LogP contribution in [-0.4, -0.2) is 32.5 Å². The Bertz CT molecular complexity index is 1350. The van der Waals surface area contributed by atoms with Crippen molar-refractivity contribution in [1.82, 2.24) is 24.5 Å². The smallest absolute Gasteiger partial charge is 0.230 e. The van der Waals surface area contributed by atoms with Crippen LogP contribution < -0.4 is 4.72 Å². The lowest BCUT2D eigenvalue weighted by Gasteiger charge is -2.03. The summed E-state index contributed by atoms with van der Waals surface area (Å²) >= 11 is 1.56. The molecule has 1 N–H and O–H groups in total. The molecule has 32 heavy (non-hydrogen) atoms. The monoisotopic (exact) mass is 445 g/mol. The van der Waals surface area contributed by atoms with E-state index >= 15 is 0 Å². The van der Waals surface area contributed by atoms with Crippen LogP contribution in [0.2, 0.25) is 0 Å². The van der Waals surface area contributed by atoms with E-state index in [1.54, 1.807) is 24.1 Å². The minimum atomic E-state index is -0.286. The van der Waals surface area contributed by atoms with Crippen LogP contribution in [0.4, 0.5) is 4.39 Å². The Hall–Kier alpha value is -3.49. The van der Waals surface area contributed by atoms with E-state index in [0.29, 0.717) is 12.3 Å². The molecule has 0 saturated heterocycles. The first-order valence-electron chi connectivity index (χ1n) is 10.1. The van der Waals surface area contributed by atoms with Gasteiger partial charge in [-0.05, 0) is 36.6 Å². The van der Waals surface area contributed by atoms with Gasteiger partial charge in [0.1, 0.15) is 23.6 Å². The standard InChI is InChI=1S/C24H20FN5OS/c1-32-28-11-12-30-14-20(22(29-30)17-7-9-18(25)10-8-17)23-19-13-21(16-5-3-2-4-6-16)31-24(19)27-15-26-23/h2-10,13-15,28H,11-12H2,1H3. The Morgan fingerprint density at radius 2 is 1.81 bits per heavy atom. The molecule has 6 nitrogen and oxygen atoms in total. The maximum atomic E-state index is 13.5. The van der Waals surface area contributed by atoms with Crippen LogP contribution in [0.25, 0.3) is 44.9 Å². The summed E-state index contributed by atoms with van der Waals surface area (Å²) < 4.78 is 24.7. The number of nitrogens with one attached hydrogen (secondary N) is 1. The highest BCUT2D eigenvalue weighted by Crippen LogP contribution is 2.36. The second kappa shape index (κ2) is 8.94. The number of halogens is 1. The molecular formula is C24H20FN5OS. The lowest BCUT2D eigenvalue weighted by molar-refractivity contribution is 0.614. The molecule has 160 valence electrons. The van der Waals surface area contributed by atoms with E-state index < -0.39 is 0 Å². The van der Waals surface area contributed by atoms with Gasteiger partial charge in [0.15, 0.2) is 0 Å². The van der Waals surface area contributed by atoms with E-state index in [1.165, 1.54) is 18.5 Å². The van der Waals surface area contributed by atoms with Gasteiger partial charge in [0.2, 0.25) is 5.71 Å². The van der Waals surface area contributed by atoms with Crippen LogP contribution in [-0.2, 0) is 6.54 Å². The van der Waals surface area contributed by atoms with Crippen molar-refractivity contribution in [1.29, 1.82) is 0 Å². The van der Waals surface area contributed by atoms with Crippen molar-refractivity contribution in [3.05, 3.63) is 79.0 Å². The van der Waals surface area contributed by atoms with Gasteiger partial charge < -0.3 is 4.42 Å².